The first-order valence-corrected chi connectivity index (χ1v) is 6.42. The summed E-state index contributed by atoms with van der Waals surface area (Å²) in [5.74, 6) is -1.01. The van der Waals surface area contributed by atoms with Gasteiger partial charge in [0.2, 0.25) is 0 Å². The van der Waals surface area contributed by atoms with Crippen LogP contribution >= 0.6 is 15.9 Å². The second kappa shape index (κ2) is 6.24. The number of anilines is 1. The van der Waals surface area contributed by atoms with Crippen LogP contribution in [-0.4, -0.2) is 39.1 Å². The summed E-state index contributed by atoms with van der Waals surface area (Å²) >= 11 is 3.27. The lowest BCUT2D eigenvalue weighted by molar-refractivity contribution is 0.0526. The minimum Gasteiger partial charge on any atom is -0.462 e. The molecule has 0 unspecified atom stereocenters. The van der Waals surface area contributed by atoms with E-state index in [9.17, 15) is 9.59 Å². The van der Waals surface area contributed by atoms with Gasteiger partial charge in [0.15, 0.2) is 0 Å². The van der Waals surface area contributed by atoms with Crippen molar-refractivity contribution in [3.8, 4) is 0 Å². The predicted octanol–water partition coefficient (Wildman–Crippen LogP) is 1.39. The van der Waals surface area contributed by atoms with Gasteiger partial charge >= 0.3 is 5.97 Å². The number of hydrogen-bond donors (Lipinski definition) is 2. The summed E-state index contributed by atoms with van der Waals surface area (Å²) in [6.07, 6.45) is 0. The quantitative estimate of drug-likeness (QED) is 0.814. The number of ether oxygens (including phenoxy) is 1. The minimum atomic E-state index is -0.511. The summed E-state index contributed by atoms with van der Waals surface area (Å²) in [7, 11) is 0. The van der Waals surface area contributed by atoms with Crippen LogP contribution in [0.2, 0.25) is 0 Å². The average Bonchev–Trinajstić information content (AvgIpc) is 2.95. The van der Waals surface area contributed by atoms with E-state index in [1.807, 2.05) is 0 Å². The first kappa shape index (κ1) is 14.1. The lowest BCUT2D eigenvalue weighted by Crippen LogP contribution is -2.14. The van der Waals surface area contributed by atoms with E-state index in [1.165, 1.54) is 0 Å². The van der Waals surface area contributed by atoms with Gasteiger partial charge in [-0.3, -0.25) is 4.79 Å². The number of carbonyl (C=O) groups excluding carboxylic acids is 2. The Morgan fingerprint density at radius 1 is 1.45 bits per heavy atom. The van der Waals surface area contributed by atoms with E-state index in [0.29, 0.717) is 22.3 Å². The standard InChI is InChI=1S/C11H10BrN5O3/c1-2-20-11(19)6-3-4-8(7(12)5-6)13-10(18)9-14-16-17-15-9/h3-5H,2H2,1H3,(H,13,18)(H,14,15,16,17). The van der Waals surface area contributed by atoms with E-state index in [4.69, 9.17) is 4.74 Å². The smallest absolute Gasteiger partial charge is 0.338 e. The third-order valence-electron chi connectivity index (χ3n) is 2.28. The van der Waals surface area contributed by atoms with Gasteiger partial charge in [-0.15, -0.1) is 10.2 Å². The summed E-state index contributed by atoms with van der Waals surface area (Å²) in [5.41, 5.74) is 0.865. The molecule has 1 heterocycles. The van der Waals surface area contributed by atoms with Crippen LogP contribution in [0.4, 0.5) is 5.69 Å². The number of halogens is 1. The summed E-state index contributed by atoms with van der Waals surface area (Å²) in [6.45, 7) is 2.03. The summed E-state index contributed by atoms with van der Waals surface area (Å²) in [4.78, 5) is 23.3. The number of aromatic amines is 1. The molecule has 2 rings (SSSR count). The number of amides is 1. The highest BCUT2D eigenvalue weighted by atomic mass is 79.9. The van der Waals surface area contributed by atoms with E-state index in [0.717, 1.165) is 0 Å². The number of hydrogen-bond acceptors (Lipinski definition) is 6. The van der Waals surface area contributed by atoms with Gasteiger partial charge in [0.25, 0.3) is 11.7 Å². The molecular formula is C11H10BrN5O3. The molecule has 2 aromatic rings. The fourth-order valence-electron chi connectivity index (χ4n) is 1.39. The molecule has 0 saturated heterocycles. The van der Waals surface area contributed by atoms with Crippen molar-refractivity contribution < 1.29 is 14.3 Å². The fraction of sp³-hybridized carbons (Fsp3) is 0.182. The molecule has 104 valence electrons. The highest BCUT2D eigenvalue weighted by Gasteiger charge is 2.14. The first-order valence-electron chi connectivity index (χ1n) is 5.63. The van der Waals surface area contributed by atoms with E-state index >= 15 is 0 Å². The van der Waals surface area contributed by atoms with Crippen LogP contribution in [0.5, 0.6) is 0 Å². The van der Waals surface area contributed by atoms with Crippen LogP contribution in [0, 0.1) is 0 Å². The Morgan fingerprint density at radius 2 is 2.25 bits per heavy atom. The Labute approximate surface area is 122 Å². The highest BCUT2D eigenvalue weighted by Crippen LogP contribution is 2.24. The Morgan fingerprint density at radius 3 is 2.85 bits per heavy atom. The van der Waals surface area contributed by atoms with Crippen LogP contribution in [-0.2, 0) is 4.74 Å². The molecule has 0 fully saturated rings. The van der Waals surface area contributed by atoms with Crippen LogP contribution < -0.4 is 5.32 Å². The van der Waals surface area contributed by atoms with Gasteiger partial charge in [0.1, 0.15) is 0 Å². The molecule has 0 spiro atoms. The lowest BCUT2D eigenvalue weighted by atomic mass is 10.2. The number of carbonyl (C=O) groups is 2. The van der Waals surface area contributed by atoms with Crippen molar-refractivity contribution in [3.05, 3.63) is 34.1 Å². The van der Waals surface area contributed by atoms with Crippen molar-refractivity contribution in [2.45, 2.75) is 6.92 Å². The normalized spacial score (nSPS) is 10.1. The van der Waals surface area contributed by atoms with Crippen molar-refractivity contribution in [1.29, 1.82) is 0 Å². The van der Waals surface area contributed by atoms with Gasteiger partial charge in [-0.2, -0.15) is 5.21 Å². The molecule has 0 bridgehead atoms. The van der Waals surface area contributed by atoms with Crippen molar-refractivity contribution in [2.75, 3.05) is 11.9 Å². The van der Waals surface area contributed by atoms with Crippen molar-refractivity contribution in [2.24, 2.45) is 0 Å². The average molecular weight is 340 g/mol. The first-order chi connectivity index (χ1) is 9.61. The highest BCUT2D eigenvalue weighted by molar-refractivity contribution is 9.10. The molecule has 20 heavy (non-hydrogen) atoms. The van der Waals surface area contributed by atoms with Crippen LogP contribution in [0.25, 0.3) is 0 Å². The second-order valence-corrected chi connectivity index (χ2v) is 4.46. The van der Waals surface area contributed by atoms with Gasteiger partial charge in [0, 0.05) is 4.47 Å². The number of nitrogens with one attached hydrogen (secondary N) is 2. The van der Waals surface area contributed by atoms with Crippen LogP contribution in [0.15, 0.2) is 22.7 Å². The molecule has 1 amide bonds. The zero-order chi connectivity index (χ0) is 14.5. The van der Waals surface area contributed by atoms with E-state index in [-0.39, 0.29) is 5.82 Å². The van der Waals surface area contributed by atoms with E-state index in [1.54, 1.807) is 25.1 Å². The van der Waals surface area contributed by atoms with Gasteiger partial charge < -0.3 is 10.1 Å². The van der Waals surface area contributed by atoms with Gasteiger partial charge in [-0.05, 0) is 46.3 Å². The number of aromatic nitrogens is 4. The zero-order valence-corrected chi connectivity index (χ0v) is 12.0. The third-order valence-corrected chi connectivity index (χ3v) is 2.93. The molecular weight excluding hydrogens is 330 g/mol. The largest absolute Gasteiger partial charge is 0.462 e. The maximum Gasteiger partial charge on any atom is 0.338 e. The number of esters is 1. The molecule has 1 aromatic carbocycles. The lowest BCUT2D eigenvalue weighted by Gasteiger charge is -2.07. The summed E-state index contributed by atoms with van der Waals surface area (Å²) in [6, 6.07) is 4.69. The number of nitrogens with zero attached hydrogens (tertiary/aromatic N) is 3. The molecule has 0 aliphatic carbocycles. The monoisotopic (exact) mass is 339 g/mol. The van der Waals surface area contributed by atoms with Gasteiger partial charge in [-0.1, -0.05) is 0 Å². The van der Waals surface area contributed by atoms with Crippen molar-refractivity contribution >= 4 is 33.5 Å². The molecule has 9 heteroatoms. The fourth-order valence-corrected chi connectivity index (χ4v) is 1.87. The van der Waals surface area contributed by atoms with E-state index in [2.05, 4.69) is 41.9 Å². The zero-order valence-electron chi connectivity index (χ0n) is 10.4. The molecule has 0 atom stereocenters. The topological polar surface area (TPSA) is 110 Å². The Hall–Kier alpha value is -2.29. The van der Waals surface area contributed by atoms with E-state index < -0.39 is 11.9 Å². The summed E-state index contributed by atoms with van der Waals surface area (Å²) < 4.78 is 5.42. The number of rotatable bonds is 4. The SMILES string of the molecule is CCOC(=O)c1ccc(NC(=O)c2nn[nH]n2)c(Br)c1. The molecule has 0 radical (unpaired) electrons. The molecule has 0 saturated carbocycles. The number of tetrazole rings is 1. The second-order valence-electron chi connectivity index (χ2n) is 3.60. The minimum absolute atomic E-state index is 0.0774. The van der Waals surface area contributed by atoms with Gasteiger partial charge in [-0.25, -0.2) is 4.79 Å². The van der Waals surface area contributed by atoms with Crippen molar-refractivity contribution in [3.63, 3.8) is 0 Å². The third kappa shape index (κ3) is 3.18. The number of H-pyrrole nitrogens is 1. The molecule has 0 aliphatic rings. The summed E-state index contributed by atoms with van der Waals surface area (Å²) in [5, 5.41) is 15.2. The van der Waals surface area contributed by atoms with Crippen LogP contribution in [0.3, 0.4) is 0 Å². The molecule has 0 aliphatic heterocycles. The molecule has 8 nitrogen and oxygen atoms in total. The Kier molecular flexibility index (Phi) is 4.41. The molecule has 1 aromatic heterocycles. The maximum absolute atomic E-state index is 11.7. The Balaban J connectivity index is 2.14. The molecule has 2 N–H and O–H groups in total. The number of benzene rings is 1. The maximum atomic E-state index is 11.7. The van der Waals surface area contributed by atoms with Gasteiger partial charge in [0.05, 0.1) is 17.9 Å². The predicted molar refractivity (Wildman–Crippen MR) is 72.2 cm³/mol. The van der Waals surface area contributed by atoms with Crippen molar-refractivity contribution in [1.82, 2.24) is 20.6 Å². The van der Waals surface area contributed by atoms with Crippen LogP contribution in [0.1, 0.15) is 27.9 Å². The Bertz CT molecular complexity index is 629.